The number of carbonyl (C=O) groups is 1. The van der Waals surface area contributed by atoms with Crippen LogP contribution in [0.5, 0.6) is 0 Å². The Morgan fingerprint density at radius 3 is 2.50 bits per heavy atom. The second-order valence-corrected chi connectivity index (χ2v) is 10.4. The van der Waals surface area contributed by atoms with Gasteiger partial charge in [-0.05, 0) is 37.1 Å². The molecule has 2 aliphatic rings. The third-order valence-electron chi connectivity index (χ3n) is 5.46. The molecule has 7 nitrogen and oxygen atoms in total. The summed E-state index contributed by atoms with van der Waals surface area (Å²) in [5.74, 6) is 0.690. The van der Waals surface area contributed by atoms with Crippen molar-refractivity contribution in [3.63, 3.8) is 0 Å². The monoisotopic (exact) mass is 420 g/mol. The van der Waals surface area contributed by atoms with E-state index in [1.807, 2.05) is 22.4 Å². The summed E-state index contributed by atoms with van der Waals surface area (Å²) in [6.45, 7) is 3.03. The molecule has 28 heavy (non-hydrogen) atoms. The minimum Gasteiger partial charge on any atom is -0.341 e. The molecule has 0 unspecified atom stereocenters. The number of hydrogen-bond acceptors (Lipinski definition) is 7. The summed E-state index contributed by atoms with van der Waals surface area (Å²) in [4.78, 5) is 26.5. The molecule has 2 saturated heterocycles. The van der Waals surface area contributed by atoms with Crippen molar-refractivity contribution < 1.29 is 13.2 Å². The highest BCUT2D eigenvalue weighted by molar-refractivity contribution is 7.90. The van der Waals surface area contributed by atoms with Crippen molar-refractivity contribution in [3.8, 4) is 0 Å². The van der Waals surface area contributed by atoms with Crippen molar-refractivity contribution in [2.45, 2.75) is 36.5 Å². The SMILES string of the molecule is CS(=O)(=O)c1cnc(N2CCCC2)nc1C1CCN(C(=O)c2cccs2)CC1. The maximum absolute atomic E-state index is 12.6. The van der Waals surface area contributed by atoms with Crippen LogP contribution in [-0.2, 0) is 9.84 Å². The first-order chi connectivity index (χ1) is 13.4. The van der Waals surface area contributed by atoms with Gasteiger partial charge in [0, 0.05) is 38.4 Å². The van der Waals surface area contributed by atoms with Crippen LogP contribution in [0.4, 0.5) is 5.95 Å². The molecule has 0 N–H and O–H groups in total. The Morgan fingerprint density at radius 2 is 1.89 bits per heavy atom. The zero-order chi connectivity index (χ0) is 19.7. The van der Waals surface area contributed by atoms with Gasteiger partial charge in [0.05, 0.1) is 16.8 Å². The van der Waals surface area contributed by atoms with Crippen LogP contribution in [0.2, 0.25) is 0 Å². The van der Waals surface area contributed by atoms with E-state index >= 15 is 0 Å². The van der Waals surface area contributed by atoms with Crippen LogP contribution in [0.1, 0.15) is 47.0 Å². The van der Waals surface area contributed by atoms with E-state index in [4.69, 9.17) is 4.98 Å². The predicted molar refractivity (Wildman–Crippen MR) is 109 cm³/mol. The van der Waals surface area contributed by atoms with Gasteiger partial charge in [-0.2, -0.15) is 0 Å². The highest BCUT2D eigenvalue weighted by Gasteiger charge is 2.30. The molecule has 150 valence electrons. The minimum absolute atomic E-state index is 0.0152. The molecule has 2 aliphatic heterocycles. The summed E-state index contributed by atoms with van der Waals surface area (Å²) in [5.41, 5.74) is 0.614. The molecule has 4 heterocycles. The summed E-state index contributed by atoms with van der Waals surface area (Å²) >= 11 is 1.45. The van der Waals surface area contributed by atoms with E-state index in [0.717, 1.165) is 30.8 Å². The molecule has 2 aromatic rings. The fourth-order valence-corrected chi connectivity index (χ4v) is 5.46. The fourth-order valence-electron chi connectivity index (χ4n) is 3.93. The number of sulfone groups is 1. The Morgan fingerprint density at radius 1 is 1.18 bits per heavy atom. The van der Waals surface area contributed by atoms with E-state index in [0.29, 0.717) is 37.6 Å². The Bertz CT molecular complexity index is 946. The summed E-state index contributed by atoms with van der Waals surface area (Å²) in [6, 6.07) is 3.72. The smallest absolute Gasteiger partial charge is 0.263 e. The zero-order valence-corrected chi connectivity index (χ0v) is 17.5. The van der Waals surface area contributed by atoms with Crippen molar-refractivity contribution in [1.82, 2.24) is 14.9 Å². The molecule has 9 heteroatoms. The number of thiophene rings is 1. The Labute approximate surface area is 169 Å². The largest absolute Gasteiger partial charge is 0.341 e. The maximum Gasteiger partial charge on any atom is 0.263 e. The molecular formula is C19H24N4O3S2. The lowest BCUT2D eigenvalue weighted by Crippen LogP contribution is -2.38. The second-order valence-electron chi connectivity index (χ2n) is 7.43. The predicted octanol–water partition coefficient (Wildman–Crippen LogP) is 2.56. The first-order valence-electron chi connectivity index (χ1n) is 9.58. The van der Waals surface area contributed by atoms with Gasteiger partial charge >= 0.3 is 0 Å². The average Bonchev–Trinajstić information content (AvgIpc) is 3.40. The number of amides is 1. The molecule has 0 saturated carbocycles. The van der Waals surface area contributed by atoms with Crippen molar-refractivity contribution in [2.24, 2.45) is 0 Å². The summed E-state index contributed by atoms with van der Waals surface area (Å²) < 4.78 is 24.6. The van der Waals surface area contributed by atoms with E-state index in [2.05, 4.69) is 9.88 Å². The van der Waals surface area contributed by atoms with Crippen molar-refractivity contribution >= 4 is 33.0 Å². The van der Waals surface area contributed by atoms with Gasteiger partial charge in [0.2, 0.25) is 5.95 Å². The van der Waals surface area contributed by atoms with E-state index in [-0.39, 0.29) is 16.7 Å². The zero-order valence-electron chi connectivity index (χ0n) is 15.9. The van der Waals surface area contributed by atoms with Gasteiger partial charge in [0.25, 0.3) is 5.91 Å². The molecule has 0 aliphatic carbocycles. The number of nitrogens with zero attached hydrogens (tertiary/aromatic N) is 4. The van der Waals surface area contributed by atoms with Crippen LogP contribution in [0, 0.1) is 0 Å². The lowest BCUT2D eigenvalue weighted by molar-refractivity contribution is 0.0716. The first kappa shape index (κ1) is 19.3. The summed E-state index contributed by atoms with van der Waals surface area (Å²) in [5, 5.41) is 1.90. The number of piperidine rings is 1. The van der Waals surface area contributed by atoms with Gasteiger partial charge < -0.3 is 9.80 Å². The van der Waals surface area contributed by atoms with E-state index in [9.17, 15) is 13.2 Å². The van der Waals surface area contributed by atoms with E-state index < -0.39 is 9.84 Å². The lowest BCUT2D eigenvalue weighted by atomic mass is 9.93. The molecule has 0 aromatic carbocycles. The van der Waals surface area contributed by atoms with Crippen LogP contribution in [0.3, 0.4) is 0 Å². The van der Waals surface area contributed by atoms with Crippen LogP contribution in [0.25, 0.3) is 0 Å². The molecule has 4 rings (SSSR count). The number of carbonyl (C=O) groups excluding carboxylic acids is 1. The normalized spacial score (nSPS) is 18.6. The van der Waals surface area contributed by atoms with Crippen molar-refractivity contribution in [2.75, 3.05) is 37.3 Å². The minimum atomic E-state index is -3.41. The maximum atomic E-state index is 12.6. The number of anilines is 1. The molecule has 1 amide bonds. The third-order valence-corrected chi connectivity index (χ3v) is 7.43. The van der Waals surface area contributed by atoms with Gasteiger partial charge in [-0.3, -0.25) is 4.79 Å². The Kier molecular flexibility index (Phi) is 5.37. The number of likely N-dealkylation sites (tertiary alicyclic amines) is 1. The topological polar surface area (TPSA) is 83.5 Å². The molecule has 0 atom stereocenters. The average molecular weight is 421 g/mol. The number of aromatic nitrogens is 2. The number of rotatable bonds is 4. The molecule has 2 fully saturated rings. The molecule has 0 radical (unpaired) electrons. The van der Waals surface area contributed by atoms with Crippen LogP contribution >= 0.6 is 11.3 Å². The van der Waals surface area contributed by atoms with Gasteiger partial charge in [-0.15, -0.1) is 11.3 Å². The van der Waals surface area contributed by atoms with Crippen molar-refractivity contribution in [3.05, 3.63) is 34.3 Å². The summed E-state index contributed by atoms with van der Waals surface area (Å²) in [7, 11) is -3.41. The highest BCUT2D eigenvalue weighted by Crippen LogP contribution is 2.33. The van der Waals surface area contributed by atoms with Gasteiger partial charge in [-0.25, -0.2) is 18.4 Å². The molecular weight excluding hydrogens is 396 g/mol. The molecule has 0 bridgehead atoms. The van der Waals surface area contributed by atoms with E-state index in [1.165, 1.54) is 23.8 Å². The Balaban J connectivity index is 1.56. The van der Waals surface area contributed by atoms with Crippen LogP contribution < -0.4 is 4.90 Å². The van der Waals surface area contributed by atoms with Gasteiger partial charge in [0.15, 0.2) is 9.84 Å². The molecule has 0 spiro atoms. The lowest BCUT2D eigenvalue weighted by Gasteiger charge is -2.32. The highest BCUT2D eigenvalue weighted by atomic mass is 32.2. The van der Waals surface area contributed by atoms with Crippen LogP contribution in [-0.4, -0.2) is 61.6 Å². The summed E-state index contributed by atoms with van der Waals surface area (Å²) in [6.07, 6.45) is 6.30. The molecule has 2 aromatic heterocycles. The van der Waals surface area contributed by atoms with E-state index in [1.54, 1.807) is 0 Å². The first-order valence-corrected chi connectivity index (χ1v) is 12.4. The number of hydrogen-bond donors (Lipinski definition) is 0. The van der Waals surface area contributed by atoms with Gasteiger partial charge in [-0.1, -0.05) is 6.07 Å². The third kappa shape index (κ3) is 3.91. The Hall–Kier alpha value is -2.00. The quantitative estimate of drug-likeness (QED) is 0.756. The van der Waals surface area contributed by atoms with Gasteiger partial charge in [0.1, 0.15) is 4.90 Å². The van der Waals surface area contributed by atoms with Crippen molar-refractivity contribution in [1.29, 1.82) is 0 Å². The standard InChI is InChI=1S/C19H24N4O3S2/c1-28(25,26)16-13-20-19(23-8-2-3-9-23)21-17(16)14-6-10-22(11-7-14)18(24)15-5-4-12-27-15/h4-5,12-14H,2-3,6-11H2,1H3. The fraction of sp³-hybridized carbons (Fsp3) is 0.526. The second kappa shape index (κ2) is 7.79. The van der Waals surface area contributed by atoms with Crippen LogP contribution in [0.15, 0.2) is 28.6 Å².